The van der Waals surface area contributed by atoms with Crippen LogP contribution in [0.2, 0.25) is 0 Å². The fourth-order valence-electron chi connectivity index (χ4n) is 3.28. The summed E-state index contributed by atoms with van der Waals surface area (Å²) in [6, 6.07) is 6.25. The van der Waals surface area contributed by atoms with Crippen molar-refractivity contribution in [1.82, 2.24) is 10.2 Å². The van der Waals surface area contributed by atoms with Crippen LogP contribution in [0.25, 0.3) is 0 Å². The van der Waals surface area contributed by atoms with Crippen molar-refractivity contribution in [2.45, 2.75) is 31.8 Å². The molecule has 0 aliphatic carbocycles. The SMILES string of the molecule is O=C(NCCc1ccc(F)cc1)C1CC(=O)N(CC2CCCO2)C1. The molecule has 2 fully saturated rings. The van der Waals surface area contributed by atoms with Gasteiger partial charge in [-0.15, -0.1) is 0 Å². The lowest BCUT2D eigenvalue weighted by atomic mass is 10.1. The average molecular weight is 334 g/mol. The number of nitrogens with one attached hydrogen (secondary N) is 1. The van der Waals surface area contributed by atoms with Gasteiger partial charge >= 0.3 is 0 Å². The number of carbonyl (C=O) groups excluding carboxylic acids is 2. The molecule has 2 aliphatic rings. The van der Waals surface area contributed by atoms with Gasteiger partial charge in [-0.3, -0.25) is 9.59 Å². The Labute approximate surface area is 141 Å². The van der Waals surface area contributed by atoms with Gasteiger partial charge in [-0.1, -0.05) is 12.1 Å². The van der Waals surface area contributed by atoms with Gasteiger partial charge < -0.3 is 15.0 Å². The van der Waals surface area contributed by atoms with Crippen molar-refractivity contribution >= 4 is 11.8 Å². The molecule has 0 saturated carbocycles. The third-order valence-corrected chi connectivity index (χ3v) is 4.66. The first-order chi connectivity index (χ1) is 11.6. The van der Waals surface area contributed by atoms with E-state index in [4.69, 9.17) is 4.74 Å². The van der Waals surface area contributed by atoms with Crippen LogP contribution in [-0.4, -0.2) is 49.1 Å². The fraction of sp³-hybridized carbons (Fsp3) is 0.556. The van der Waals surface area contributed by atoms with Crippen molar-refractivity contribution in [2.75, 3.05) is 26.2 Å². The van der Waals surface area contributed by atoms with E-state index in [1.54, 1.807) is 17.0 Å². The van der Waals surface area contributed by atoms with Gasteiger partial charge in [0, 0.05) is 32.7 Å². The largest absolute Gasteiger partial charge is 0.376 e. The van der Waals surface area contributed by atoms with E-state index >= 15 is 0 Å². The van der Waals surface area contributed by atoms with Crippen molar-refractivity contribution in [3.63, 3.8) is 0 Å². The first-order valence-corrected chi connectivity index (χ1v) is 8.53. The molecule has 5 nitrogen and oxygen atoms in total. The van der Waals surface area contributed by atoms with Crippen molar-refractivity contribution in [3.05, 3.63) is 35.6 Å². The molecule has 2 aliphatic heterocycles. The molecule has 3 rings (SSSR count). The Hall–Kier alpha value is -1.95. The second-order valence-electron chi connectivity index (χ2n) is 6.50. The summed E-state index contributed by atoms with van der Waals surface area (Å²) in [4.78, 5) is 26.0. The summed E-state index contributed by atoms with van der Waals surface area (Å²) in [5, 5.41) is 2.88. The summed E-state index contributed by atoms with van der Waals surface area (Å²) < 4.78 is 18.4. The van der Waals surface area contributed by atoms with Gasteiger partial charge in [-0.2, -0.15) is 0 Å². The minimum Gasteiger partial charge on any atom is -0.376 e. The van der Waals surface area contributed by atoms with E-state index in [2.05, 4.69) is 5.32 Å². The van der Waals surface area contributed by atoms with E-state index in [0.717, 1.165) is 25.0 Å². The first kappa shape index (κ1) is 16.9. The molecule has 0 spiro atoms. The summed E-state index contributed by atoms with van der Waals surface area (Å²) in [7, 11) is 0. The molecule has 2 saturated heterocycles. The molecule has 1 N–H and O–H groups in total. The van der Waals surface area contributed by atoms with E-state index in [0.29, 0.717) is 26.1 Å². The third-order valence-electron chi connectivity index (χ3n) is 4.66. The lowest BCUT2D eigenvalue weighted by molar-refractivity contribution is -0.129. The summed E-state index contributed by atoms with van der Waals surface area (Å²) in [5.74, 6) is -0.602. The lowest BCUT2D eigenvalue weighted by Gasteiger charge is -2.20. The molecule has 24 heavy (non-hydrogen) atoms. The van der Waals surface area contributed by atoms with E-state index in [-0.39, 0.29) is 36.1 Å². The highest BCUT2D eigenvalue weighted by Crippen LogP contribution is 2.21. The topological polar surface area (TPSA) is 58.6 Å². The zero-order valence-corrected chi connectivity index (χ0v) is 13.7. The van der Waals surface area contributed by atoms with Crippen LogP contribution >= 0.6 is 0 Å². The monoisotopic (exact) mass is 334 g/mol. The predicted molar refractivity (Wildman–Crippen MR) is 86.8 cm³/mol. The van der Waals surface area contributed by atoms with Gasteiger partial charge in [0.15, 0.2) is 0 Å². The highest BCUT2D eigenvalue weighted by atomic mass is 19.1. The standard InChI is InChI=1S/C18H23FN2O3/c19-15-5-3-13(4-6-15)7-8-20-18(23)14-10-17(22)21(11-14)12-16-2-1-9-24-16/h3-6,14,16H,1-2,7-12H2,(H,20,23). The Balaban J connectivity index is 1.42. The number of nitrogens with zero attached hydrogens (tertiary/aromatic N) is 1. The number of amides is 2. The minimum atomic E-state index is -0.285. The smallest absolute Gasteiger partial charge is 0.225 e. The molecule has 2 unspecified atom stereocenters. The highest BCUT2D eigenvalue weighted by Gasteiger charge is 2.35. The van der Waals surface area contributed by atoms with Crippen LogP contribution in [0, 0.1) is 11.7 Å². The van der Waals surface area contributed by atoms with Crippen LogP contribution in [0.3, 0.4) is 0 Å². The summed E-state index contributed by atoms with van der Waals surface area (Å²) >= 11 is 0. The molecular formula is C18H23FN2O3. The minimum absolute atomic E-state index is 0.0317. The van der Waals surface area contributed by atoms with Crippen molar-refractivity contribution in [2.24, 2.45) is 5.92 Å². The molecule has 2 amide bonds. The number of hydrogen-bond donors (Lipinski definition) is 1. The van der Waals surface area contributed by atoms with Crippen LogP contribution < -0.4 is 5.32 Å². The van der Waals surface area contributed by atoms with Gasteiger partial charge in [0.1, 0.15) is 5.82 Å². The Morgan fingerprint density at radius 3 is 2.83 bits per heavy atom. The first-order valence-electron chi connectivity index (χ1n) is 8.53. The average Bonchev–Trinajstić information content (AvgIpc) is 3.20. The Kier molecular flexibility index (Phi) is 5.45. The van der Waals surface area contributed by atoms with Crippen LogP contribution in [0.4, 0.5) is 4.39 Å². The maximum absolute atomic E-state index is 12.8. The second-order valence-corrected chi connectivity index (χ2v) is 6.50. The van der Waals surface area contributed by atoms with E-state index in [1.807, 2.05) is 0 Å². The van der Waals surface area contributed by atoms with Crippen molar-refractivity contribution in [1.29, 1.82) is 0 Å². The van der Waals surface area contributed by atoms with E-state index in [1.165, 1.54) is 12.1 Å². The maximum Gasteiger partial charge on any atom is 0.225 e. The van der Waals surface area contributed by atoms with Gasteiger partial charge in [0.05, 0.1) is 12.0 Å². The quantitative estimate of drug-likeness (QED) is 0.858. The van der Waals surface area contributed by atoms with Crippen molar-refractivity contribution < 1.29 is 18.7 Å². The fourth-order valence-corrected chi connectivity index (χ4v) is 3.28. The molecule has 1 aromatic carbocycles. The Morgan fingerprint density at radius 1 is 1.33 bits per heavy atom. The number of rotatable bonds is 6. The van der Waals surface area contributed by atoms with Crippen LogP contribution in [-0.2, 0) is 20.7 Å². The zero-order valence-electron chi connectivity index (χ0n) is 13.7. The van der Waals surface area contributed by atoms with E-state index in [9.17, 15) is 14.0 Å². The van der Waals surface area contributed by atoms with Gasteiger partial charge in [-0.05, 0) is 37.0 Å². The Morgan fingerprint density at radius 2 is 2.12 bits per heavy atom. The lowest BCUT2D eigenvalue weighted by Crippen LogP contribution is -2.36. The molecular weight excluding hydrogens is 311 g/mol. The molecule has 130 valence electrons. The second kappa shape index (κ2) is 7.75. The predicted octanol–water partition coefficient (Wildman–Crippen LogP) is 1.51. The van der Waals surface area contributed by atoms with Crippen molar-refractivity contribution in [3.8, 4) is 0 Å². The number of benzene rings is 1. The molecule has 6 heteroatoms. The van der Waals surface area contributed by atoms with Crippen LogP contribution in [0.1, 0.15) is 24.8 Å². The summed E-state index contributed by atoms with van der Waals surface area (Å²) in [5.41, 5.74) is 0.971. The molecule has 0 bridgehead atoms. The molecule has 2 atom stereocenters. The number of carbonyl (C=O) groups is 2. The summed E-state index contributed by atoms with van der Waals surface area (Å²) in [6.45, 7) is 2.32. The van der Waals surface area contributed by atoms with Gasteiger partial charge in [0.25, 0.3) is 0 Å². The number of hydrogen-bond acceptors (Lipinski definition) is 3. The molecule has 0 aromatic heterocycles. The van der Waals surface area contributed by atoms with Gasteiger partial charge in [0.2, 0.25) is 11.8 Å². The maximum atomic E-state index is 12.8. The van der Waals surface area contributed by atoms with Crippen LogP contribution in [0.5, 0.6) is 0 Å². The molecule has 1 aromatic rings. The number of likely N-dealkylation sites (tertiary alicyclic amines) is 1. The summed E-state index contributed by atoms with van der Waals surface area (Å²) in [6.07, 6.45) is 3.06. The number of ether oxygens (including phenoxy) is 1. The van der Waals surface area contributed by atoms with Crippen LogP contribution in [0.15, 0.2) is 24.3 Å². The molecule has 2 heterocycles. The van der Waals surface area contributed by atoms with Gasteiger partial charge in [-0.25, -0.2) is 4.39 Å². The highest BCUT2D eigenvalue weighted by molar-refractivity contribution is 5.89. The Bertz CT molecular complexity index is 584. The molecule has 0 radical (unpaired) electrons. The third kappa shape index (κ3) is 4.32. The normalized spacial score (nSPS) is 23.7. The zero-order chi connectivity index (χ0) is 16.9. The van der Waals surface area contributed by atoms with E-state index < -0.39 is 0 Å². The number of halogens is 1.